The Kier molecular flexibility index (Phi) is 19.4. The van der Waals surface area contributed by atoms with Gasteiger partial charge in [-0.2, -0.15) is 10.2 Å². The predicted molar refractivity (Wildman–Crippen MR) is 260 cm³/mol. The fourth-order valence-electron chi connectivity index (χ4n) is 8.16. The number of carbonyl (C=O) groups excluding carboxylic acids is 1. The Bertz CT molecular complexity index is 2160. The van der Waals surface area contributed by atoms with Crippen molar-refractivity contribution in [3.8, 4) is 11.1 Å². The average Bonchev–Trinajstić information content (AvgIpc) is 3.92. The Hall–Kier alpha value is -5.09. The van der Waals surface area contributed by atoms with Crippen LogP contribution in [-0.4, -0.2) is 76.9 Å². The van der Waals surface area contributed by atoms with Gasteiger partial charge in [0.2, 0.25) is 0 Å². The van der Waals surface area contributed by atoms with Crippen LogP contribution in [0.3, 0.4) is 0 Å². The number of anilines is 1. The van der Waals surface area contributed by atoms with Crippen LogP contribution in [0.1, 0.15) is 101 Å². The molecule has 6 rings (SSSR count). The zero-order chi connectivity index (χ0) is 44.4. The lowest BCUT2D eigenvalue weighted by Crippen LogP contribution is -2.41. The van der Waals surface area contributed by atoms with E-state index in [0.29, 0.717) is 17.3 Å². The molecule has 1 fully saturated rings. The first-order valence-electron chi connectivity index (χ1n) is 21.9. The Labute approximate surface area is 370 Å². The molecule has 9 nitrogen and oxygen atoms in total. The summed E-state index contributed by atoms with van der Waals surface area (Å²) >= 11 is 6.20. The fourth-order valence-corrected chi connectivity index (χ4v) is 8.29. The van der Waals surface area contributed by atoms with Crippen LogP contribution in [0.15, 0.2) is 112 Å². The smallest absolute Gasteiger partial charge is 0.120 e. The lowest BCUT2D eigenvalue weighted by molar-refractivity contribution is -0.108. The zero-order valence-corrected chi connectivity index (χ0v) is 38.2. The summed E-state index contributed by atoms with van der Waals surface area (Å²) in [6.45, 7) is 25.8. The monoisotopic (exact) mass is 845 g/mol. The van der Waals surface area contributed by atoms with Gasteiger partial charge >= 0.3 is 0 Å². The van der Waals surface area contributed by atoms with Crippen molar-refractivity contribution < 1.29 is 4.79 Å². The molecule has 0 saturated carbocycles. The van der Waals surface area contributed by atoms with Gasteiger partial charge in [0.05, 0.1) is 29.3 Å². The van der Waals surface area contributed by atoms with Crippen LogP contribution in [-0.2, 0) is 16.8 Å². The van der Waals surface area contributed by atoms with Crippen molar-refractivity contribution in [3.63, 3.8) is 0 Å². The van der Waals surface area contributed by atoms with Gasteiger partial charge in [0.15, 0.2) is 0 Å². The molecular formula is C51H69ClN8O. The number of allylic oxidation sites excluding steroid dienone is 1. The molecule has 1 aliphatic rings. The van der Waals surface area contributed by atoms with E-state index in [2.05, 4.69) is 113 Å². The quantitative estimate of drug-likeness (QED) is 0.0283. The van der Waals surface area contributed by atoms with Gasteiger partial charge in [0.25, 0.3) is 0 Å². The molecule has 1 aliphatic heterocycles. The summed E-state index contributed by atoms with van der Waals surface area (Å²) < 4.78 is 4.16. The molecule has 0 spiro atoms. The minimum absolute atomic E-state index is 0.0100. The predicted octanol–water partition coefficient (Wildman–Crippen LogP) is 11.8. The second kappa shape index (κ2) is 24.4. The number of nitrogens with one attached hydrogen (secondary N) is 2. The fraction of sp³-hybridized carbons (Fsp3) is 0.412. The molecule has 1 unspecified atom stereocenters. The maximum absolute atomic E-state index is 11.1. The number of hydrogen-bond acceptors (Lipinski definition) is 6. The number of unbranched alkanes of at least 4 members (excludes halogenated alkanes) is 3. The second-order valence-corrected chi connectivity index (χ2v) is 16.6. The van der Waals surface area contributed by atoms with Crippen molar-refractivity contribution in [2.45, 2.75) is 96.6 Å². The van der Waals surface area contributed by atoms with Gasteiger partial charge in [-0.25, -0.2) is 0 Å². The average molecular weight is 846 g/mol. The second-order valence-electron chi connectivity index (χ2n) is 16.1. The molecule has 3 aromatic carbocycles. The molecule has 0 radical (unpaired) electrons. The van der Waals surface area contributed by atoms with Crippen molar-refractivity contribution >= 4 is 45.9 Å². The number of rotatable bonds is 19. The standard InChI is InChI=1S/C47H58ClN7O.C2H7N.C2H4/c1-6-26-54(36(4)49)44-23-20-38(32-43(44)35(3)37-18-21-40(48)22-19-37)39-33-50-53(34-39)28-13-9-8-12-27-52-29-24-47(5,25-30-52)46-42-16-10-11-17-45(42)55(51-46)41(7-2)15-14-31-56;1-3-2;1-2/h7,10-11,16-23,31-34,41,49H,2-3,6,8-9,12-15,24-30H2,1,4-5H3;3H,1-2H3;1-2H2. The Morgan fingerprint density at radius 1 is 1.00 bits per heavy atom. The summed E-state index contributed by atoms with van der Waals surface area (Å²) in [5, 5.41) is 23.1. The number of aryl methyl sites for hydroxylation is 1. The summed E-state index contributed by atoms with van der Waals surface area (Å²) in [7, 11) is 3.75. The third-order valence-electron chi connectivity index (χ3n) is 11.5. The number of para-hydroxylation sites is 1. The van der Waals surface area contributed by atoms with Gasteiger partial charge in [-0.1, -0.05) is 87.3 Å². The van der Waals surface area contributed by atoms with Crippen LogP contribution < -0.4 is 10.2 Å². The maximum atomic E-state index is 11.1. The minimum Gasteiger partial charge on any atom is -0.330 e. The number of aromatic nitrogens is 4. The van der Waals surface area contributed by atoms with Gasteiger partial charge in [-0.05, 0) is 126 Å². The van der Waals surface area contributed by atoms with Gasteiger partial charge in [-0.3, -0.25) is 14.8 Å². The molecule has 326 valence electrons. The van der Waals surface area contributed by atoms with Crippen LogP contribution in [0, 0.1) is 5.41 Å². The first-order chi connectivity index (χ1) is 29.6. The SMILES string of the molecule is C=C.C=CC(CCC=O)n1nc(C2(C)CCN(CCCCCCn3cc(-c4ccc(N(CCC)C(C)=N)c(C(=C)c5ccc(Cl)cc5)c4)cn3)CC2)c2ccccc21.CNC. The highest BCUT2D eigenvalue weighted by molar-refractivity contribution is 6.30. The van der Waals surface area contributed by atoms with Crippen LogP contribution in [0.2, 0.25) is 5.02 Å². The molecule has 1 saturated heterocycles. The number of hydrogen-bond donors (Lipinski definition) is 2. The van der Waals surface area contributed by atoms with Crippen molar-refractivity contribution in [2.75, 3.05) is 45.2 Å². The number of piperidine rings is 1. The van der Waals surface area contributed by atoms with Crippen LogP contribution in [0.25, 0.3) is 27.6 Å². The topological polar surface area (TPSA) is 95.1 Å². The van der Waals surface area contributed by atoms with E-state index in [1.165, 1.54) is 30.3 Å². The number of halogens is 1. The van der Waals surface area contributed by atoms with Crippen LogP contribution in [0.5, 0.6) is 0 Å². The molecular weight excluding hydrogens is 776 g/mol. The third-order valence-corrected chi connectivity index (χ3v) is 11.8. The van der Waals surface area contributed by atoms with Crippen molar-refractivity contribution in [3.05, 3.63) is 133 Å². The summed E-state index contributed by atoms with van der Waals surface area (Å²) in [6.07, 6.45) is 16.0. The number of fused-ring (bicyclic) bond motifs is 1. The van der Waals surface area contributed by atoms with E-state index in [0.717, 1.165) is 110 Å². The number of likely N-dealkylation sites (tertiary alicyclic amines) is 1. The zero-order valence-electron chi connectivity index (χ0n) is 37.4. The molecule has 2 aromatic heterocycles. The summed E-state index contributed by atoms with van der Waals surface area (Å²) in [6, 6.07) is 22.8. The van der Waals surface area contributed by atoms with E-state index in [1.807, 2.05) is 57.6 Å². The number of benzene rings is 3. The molecule has 0 bridgehead atoms. The van der Waals surface area contributed by atoms with Gasteiger partial charge in [0.1, 0.15) is 6.29 Å². The highest BCUT2D eigenvalue weighted by atomic mass is 35.5. The molecule has 0 aliphatic carbocycles. The molecule has 1 atom stereocenters. The molecule has 5 aromatic rings. The van der Waals surface area contributed by atoms with Crippen LogP contribution >= 0.6 is 11.6 Å². The molecule has 10 heteroatoms. The van der Waals surface area contributed by atoms with Crippen LogP contribution in [0.4, 0.5) is 5.69 Å². The summed E-state index contributed by atoms with van der Waals surface area (Å²) in [5.74, 6) is 0.511. The number of nitrogens with zero attached hydrogens (tertiary/aromatic N) is 6. The van der Waals surface area contributed by atoms with E-state index in [9.17, 15) is 4.79 Å². The Morgan fingerprint density at radius 3 is 2.31 bits per heavy atom. The first kappa shape index (κ1) is 48.6. The maximum Gasteiger partial charge on any atom is 0.120 e. The normalized spacial score (nSPS) is 13.9. The van der Waals surface area contributed by atoms with Gasteiger partial charge in [0, 0.05) is 58.3 Å². The van der Waals surface area contributed by atoms with Gasteiger partial charge in [-0.15, -0.1) is 19.7 Å². The highest BCUT2D eigenvalue weighted by Gasteiger charge is 2.36. The van der Waals surface area contributed by atoms with E-state index in [-0.39, 0.29) is 11.5 Å². The molecule has 0 amide bonds. The number of carbonyl (C=O) groups is 1. The first-order valence-corrected chi connectivity index (χ1v) is 22.2. The number of amidine groups is 1. The minimum atomic E-state index is 0.0100. The summed E-state index contributed by atoms with van der Waals surface area (Å²) in [4.78, 5) is 15.8. The van der Waals surface area contributed by atoms with Crippen molar-refractivity contribution in [1.82, 2.24) is 29.8 Å². The van der Waals surface area contributed by atoms with E-state index < -0.39 is 0 Å². The van der Waals surface area contributed by atoms with Gasteiger partial charge < -0.3 is 19.9 Å². The lowest BCUT2D eigenvalue weighted by atomic mass is 9.76. The summed E-state index contributed by atoms with van der Waals surface area (Å²) in [5.41, 5.74) is 8.38. The van der Waals surface area contributed by atoms with E-state index in [4.69, 9.17) is 27.2 Å². The Morgan fingerprint density at radius 2 is 1.67 bits per heavy atom. The van der Waals surface area contributed by atoms with E-state index >= 15 is 0 Å². The number of aldehydes is 1. The van der Waals surface area contributed by atoms with Crippen molar-refractivity contribution in [2.24, 2.45) is 0 Å². The highest BCUT2D eigenvalue weighted by Crippen LogP contribution is 2.40. The molecule has 61 heavy (non-hydrogen) atoms. The lowest BCUT2D eigenvalue weighted by Gasteiger charge is -2.38. The molecule has 2 N–H and O–H groups in total. The third kappa shape index (κ3) is 12.7. The van der Waals surface area contributed by atoms with Crippen molar-refractivity contribution in [1.29, 1.82) is 5.41 Å². The Balaban J connectivity index is 0.00000157. The molecule has 3 heterocycles. The largest absolute Gasteiger partial charge is 0.330 e. The van der Waals surface area contributed by atoms with E-state index in [1.54, 1.807) is 0 Å².